The molecular formula is C13H19N3O4. The number of carbonyl (C=O) groups excluding carboxylic acids is 2. The van der Waals surface area contributed by atoms with E-state index in [9.17, 15) is 9.59 Å². The normalized spacial score (nSPS) is 9.20. The van der Waals surface area contributed by atoms with E-state index in [0.717, 1.165) is 0 Å². The van der Waals surface area contributed by atoms with E-state index in [-0.39, 0.29) is 12.2 Å². The number of hydrogen-bond donors (Lipinski definition) is 0. The van der Waals surface area contributed by atoms with Crippen LogP contribution in [0.1, 0.15) is 13.8 Å². The van der Waals surface area contributed by atoms with Gasteiger partial charge in [-0.05, 0) is 13.8 Å². The van der Waals surface area contributed by atoms with Gasteiger partial charge in [0.05, 0.1) is 19.8 Å². The third-order valence-electron chi connectivity index (χ3n) is 1.50. The second kappa shape index (κ2) is 12.9. The molecule has 0 radical (unpaired) electrons. The zero-order chi connectivity index (χ0) is 16.0. The molecule has 0 fully saturated rings. The van der Waals surface area contributed by atoms with E-state index in [1.165, 1.54) is 6.20 Å². The van der Waals surface area contributed by atoms with Crippen LogP contribution in [-0.2, 0) is 19.1 Å². The Morgan fingerprint density at radius 1 is 1.15 bits per heavy atom. The van der Waals surface area contributed by atoms with Gasteiger partial charge in [0.1, 0.15) is 0 Å². The molecule has 0 heterocycles. The lowest BCUT2D eigenvalue weighted by Gasteiger charge is -2.05. The van der Waals surface area contributed by atoms with Gasteiger partial charge in [-0.2, -0.15) is 0 Å². The molecule has 0 aliphatic carbocycles. The number of hydrogen-bond acceptors (Lipinski definition) is 5. The van der Waals surface area contributed by atoms with Crippen LogP contribution in [0.15, 0.2) is 11.9 Å². The first-order valence-electron chi connectivity index (χ1n) is 5.84. The van der Waals surface area contributed by atoms with Crippen molar-refractivity contribution in [2.45, 2.75) is 13.8 Å². The molecule has 0 rings (SSSR count). The number of esters is 2. The van der Waals surface area contributed by atoms with Gasteiger partial charge in [-0.15, -0.1) is 0 Å². The molecule has 0 bridgehead atoms. The van der Waals surface area contributed by atoms with E-state index in [4.69, 9.17) is 13.1 Å². The maximum Gasteiger partial charge on any atom is 0.387 e. The molecule has 0 atom stereocenters. The Kier molecular flexibility index (Phi) is 12.8. The van der Waals surface area contributed by atoms with E-state index in [0.29, 0.717) is 13.2 Å². The van der Waals surface area contributed by atoms with Crippen molar-refractivity contribution in [3.63, 3.8) is 0 Å². The molecule has 20 heavy (non-hydrogen) atoms. The van der Waals surface area contributed by atoms with Crippen molar-refractivity contribution in [2.75, 3.05) is 33.9 Å². The highest BCUT2D eigenvalue weighted by Crippen LogP contribution is 2.00. The summed E-state index contributed by atoms with van der Waals surface area (Å²) in [5, 5.41) is 0. The van der Waals surface area contributed by atoms with Crippen molar-refractivity contribution in [2.24, 2.45) is 0 Å². The number of carbonyl (C=O) groups is 2. The summed E-state index contributed by atoms with van der Waals surface area (Å²) in [4.78, 5) is 28.7. The van der Waals surface area contributed by atoms with Crippen LogP contribution >= 0.6 is 0 Å². The van der Waals surface area contributed by atoms with Crippen LogP contribution in [0.3, 0.4) is 0 Å². The van der Waals surface area contributed by atoms with Crippen molar-refractivity contribution in [1.82, 2.24) is 4.90 Å². The average molecular weight is 281 g/mol. The lowest BCUT2D eigenvalue weighted by Crippen LogP contribution is -2.10. The van der Waals surface area contributed by atoms with Crippen LogP contribution in [-0.4, -0.2) is 50.7 Å². The first kappa shape index (κ1) is 19.8. The second-order valence-electron chi connectivity index (χ2n) is 3.43. The van der Waals surface area contributed by atoms with E-state index >= 15 is 0 Å². The first-order chi connectivity index (χ1) is 9.42. The minimum atomic E-state index is -0.568. The number of nitrogens with zero attached hydrogens (tertiary/aromatic N) is 3. The van der Waals surface area contributed by atoms with Crippen LogP contribution < -0.4 is 0 Å². The van der Waals surface area contributed by atoms with Crippen LogP contribution in [0, 0.1) is 13.1 Å². The Labute approximate surface area is 119 Å². The van der Waals surface area contributed by atoms with Gasteiger partial charge in [0, 0.05) is 20.3 Å². The van der Waals surface area contributed by atoms with Crippen molar-refractivity contribution < 1.29 is 19.1 Å². The Balaban J connectivity index is 0. The van der Waals surface area contributed by atoms with E-state index < -0.39 is 11.9 Å². The van der Waals surface area contributed by atoms with Gasteiger partial charge in [0.2, 0.25) is 0 Å². The molecule has 7 nitrogen and oxygen atoms in total. The summed E-state index contributed by atoms with van der Waals surface area (Å²) in [6, 6.07) is 0. The summed E-state index contributed by atoms with van der Waals surface area (Å²) in [5.41, 5.74) is 0.00171. The molecule has 7 heteroatoms. The Bertz CT molecular complexity index is 416. The molecule has 0 aliphatic heterocycles. The summed E-state index contributed by atoms with van der Waals surface area (Å²) >= 11 is 0. The maximum atomic E-state index is 11.0. The minimum Gasteiger partial charge on any atom is -0.471 e. The maximum absolute atomic E-state index is 11.0. The highest BCUT2D eigenvalue weighted by Gasteiger charge is 2.09. The summed E-state index contributed by atoms with van der Waals surface area (Å²) in [6.45, 7) is 16.8. The third-order valence-corrected chi connectivity index (χ3v) is 1.50. The fourth-order valence-corrected chi connectivity index (χ4v) is 0.848. The standard InChI is InChI=1S/C8H12N2O2.C5H7NO2/c1-5-12-8(11)7(9-2)6-10(3)4;1-3-8-5(7)4-6-2/h6H,5H2,1,3-4H3;3-4H2,1H3/b7-6-;. The molecule has 0 saturated heterocycles. The Morgan fingerprint density at radius 2 is 1.70 bits per heavy atom. The average Bonchev–Trinajstić information content (AvgIpc) is 2.37. The molecule has 0 unspecified atom stereocenters. The number of rotatable bonds is 5. The summed E-state index contributed by atoms with van der Waals surface area (Å²) in [7, 11) is 3.48. The quantitative estimate of drug-likeness (QED) is 0.432. The zero-order valence-corrected chi connectivity index (χ0v) is 12.2. The zero-order valence-electron chi connectivity index (χ0n) is 12.2. The fourth-order valence-electron chi connectivity index (χ4n) is 0.848. The fraction of sp³-hybridized carbons (Fsp3) is 0.538. The molecule has 0 aromatic carbocycles. The summed E-state index contributed by atoms with van der Waals surface area (Å²) in [6.07, 6.45) is 1.44. The molecule has 110 valence electrons. The van der Waals surface area contributed by atoms with E-state index in [1.807, 2.05) is 0 Å². The Morgan fingerprint density at radius 3 is 2.05 bits per heavy atom. The van der Waals surface area contributed by atoms with Crippen molar-refractivity contribution in [3.05, 3.63) is 34.7 Å². The minimum absolute atomic E-state index is 0.00171. The monoisotopic (exact) mass is 281 g/mol. The molecule has 0 aliphatic rings. The largest absolute Gasteiger partial charge is 0.471 e. The van der Waals surface area contributed by atoms with Crippen LogP contribution in [0.4, 0.5) is 0 Å². The van der Waals surface area contributed by atoms with Crippen LogP contribution in [0.2, 0.25) is 0 Å². The van der Waals surface area contributed by atoms with Crippen molar-refractivity contribution in [1.29, 1.82) is 0 Å². The molecule has 0 saturated carbocycles. The number of ether oxygens (including phenoxy) is 2. The van der Waals surface area contributed by atoms with Gasteiger partial charge < -0.3 is 19.2 Å². The van der Waals surface area contributed by atoms with Gasteiger partial charge in [0.15, 0.2) is 0 Å². The van der Waals surface area contributed by atoms with E-state index in [1.54, 1.807) is 32.8 Å². The van der Waals surface area contributed by atoms with Crippen LogP contribution in [0.5, 0.6) is 0 Å². The predicted molar refractivity (Wildman–Crippen MR) is 73.1 cm³/mol. The van der Waals surface area contributed by atoms with Gasteiger partial charge in [-0.3, -0.25) is 4.79 Å². The predicted octanol–water partition coefficient (Wildman–Crippen LogP) is 1.34. The van der Waals surface area contributed by atoms with Gasteiger partial charge in [-0.1, -0.05) is 0 Å². The molecule has 0 amide bonds. The Hall–Kier alpha value is -2.54. The van der Waals surface area contributed by atoms with Gasteiger partial charge in [0.25, 0.3) is 5.70 Å². The highest BCUT2D eigenvalue weighted by atomic mass is 16.5. The topological polar surface area (TPSA) is 64.6 Å². The molecule has 0 N–H and O–H groups in total. The molecule has 0 spiro atoms. The lowest BCUT2D eigenvalue weighted by atomic mass is 10.5. The van der Waals surface area contributed by atoms with Gasteiger partial charge >= 0.3 is 18.5 Å². The van der Waals surface area contributed by atoms with Crippen molar-refractivity contribution >= 4 is 11.9 Å². The molecule has 0 aromatic rings. The third kappa shape index (κ3) is 11.9. The second-order valence-corrected chi connectivity index (χ2v) is 3.43. The molecule has 0 aromatic heterocycles. The van der Waals surface area contributed by atoms with E-state index in [2.05, 4.69) is 19.2 Å². The van der Waals surface area contributed by atoms with Crippen molar-refractivity contribution in [3.8, 4) is 0 Å². The summed E-state index contributed by atoms with van der Waals surface area (Å²) < 4.78 is 9.08. The SMILES string of the molecule is [C-]#[N+]/C(=C\N(C)C)C(=O)OCC.[C-]#[N+]CC(=O)OCC. The molecular weight excluding hydrogens is 262 g/mol. The van der Waals surface area contributed by atoms with Crippen LogP contribution in [0.25, 0.3) is 9.69 Å². The lowest BCUT2D eigenvalue weighted by molar-refractivity contribution is -0.140. The van der Waals surface area contributed by atoms with Gasteiger partial charge in [-0.25, -0.2) is 16.2 Å². The first-order valence-corrected chi connectivity index (χ1v) is 5.84. The summed E-state index contributed by atoms with van der Waals surface area (Å²) in [5.74, 6) is -1.01. The highest BCUT2D eigenvalue weighted by molar-refractivity contribution is 5.90. The smallest absolute Gasteiger partial charge is 0.387 e.